The number of benzene rings is 1. The zero-order valence-corrected chi connectivity index (χ0v) is 11.8. The lowest BCUT2D eigenvalue weighted by molar-refractivity contribution is 0.273. The fourth-order valence-electron chi connectivity index (χ4n) is 2.34. The molecule has 3 rings (SSSR count). The van der Waals surface area contributed by atoms with E-state index < -0.39 is 5.54 Å². The Morgan fingerprint density at radius 2 is 2.15 bits per heavy atom. The molecule has 106 valence electrons. The van der Waals surface area contributed by atoms with Gasteiger partial charge in [-0.2, -0.15) is 4.98 Å². The van der Waals surface area contributed by atoms with Crippen LogP contribution in [-0.2, 0) is 5.54 Å². The number of hydrogen-bond acceptors (Lipinski definition) is 5. The maximum Gasteiger partial charge on any atom is 0.247 e. The predicted molar refractivity (Wildman–Crippen MR) is 75.2 cm³/mol. The number of nitrogens with zero attached hydrogens (tertiary/aromatic N) is 2. The number of nitrogens with two attached hydrogens (primary N) is 1. The van der Waals surface area contributed by atoms with Gasteiger partial charge in [-0.3, -0.25) is 0 Å². The van der Waals surface area contributed by atoms with Crippen molar-refractivity contribution >= 4 is 0 Å². The number of hydrogen-bond donors (Lipinski definition) is 1. The molecule has 1 aromatic carbocycles. The second kappa shape index (κ2) is 4.90. The fourth-order valence-corrected chi connectivity index (χ4v) is 2.34. The van der Waals surface area contributed by atoms with E-state index in [1.54, 1.807) is 0 Å². The minimum atomic E-state index is -0.536. The van der Waals surface area contributed by atoms with Gasteiger partial charge < -0.3 is 15.0 Å². The van der Waals surface area contributed by atoms with E-state index in [-0.39, 0.29) is 0 Å². The third-order valence-corrected chi connectivity index (χ3v) is 3.74. The molecule has 5 nitrogen and oxygen atoms in total. The van der Waals surface area contributed by atoms with Gasteiger partial charge in [-0.05, 0) is 44.7 Å². The van der Waals surface area contributed by atoms with Crippen LogP contribution in [0.15, 0.2) is 28.8 Å². The van der Waals surface area contributed by atoms with Crippen LogP contribution in [0.25, 0.3) is 11.4 Å². The van der Waals surface area contributed by atoms with Crippen LogP contribution < -0.4 is 10.5 Å². The molecule has 1 aliphatic rings. The van der Waals surface area contributed by atoms with E-state index in [0.717, 1.165) is 24.2 Å². The largest absolute Gasteiger partial charge is 0.493 e. The first-order valence-electron chi connectivity index (χ1n) is 6.98. The molecule has 0 saturated heterocycles. The standard InChI is InChI=1S/C15H19N3O2/c1-3-19-12-7-5-4-6-11(12)13-17-14(20-18-13)15(2,16)10-8-9-10/h4-7,10H,3,8-9,16H2,1-2H3. The molecule has 0 amide bonds. The monoisotopic (exact) mass is 273 g/mol. The van der Waals surface area contributed by atoms with Crippen molar-refractivity contribution < 1.29 is 9.26 Å². The van der Waals surface area contributed by atoms with Gasteiger partial charge in [0.05, 0.1) is 17.7 Å². The maximum absolute atomic E-state index is 6.30. The van der Waals surface area contributed by atoms with Gasteiger partial charge in [0.2, 0.25) is 11.7 Å². The molecule has 1 heterocycles. The van der Waals surface area contributed by atoms with E-state index in [0.29, 0.717) is 24.2 Å². The highest BCUT2D eigenvalue weighted by Gasteiger charge is 2.44. The normalized spacial score (nSPS) is 17.8. The molecule has 0 aliphatic heterocycles. The molecule has 2 aromatic rings. The third-order valence-electron chi connectivity index (χ3n) is 3.74. The summed E-state index contributed by atoms with van der Waals surface area (Å²) < 4.78 is 11.0. The number of aromatic nitrogens is 2. The molecule has 0 bridgehead atoms. The molecule has 0 radical (unpaired) electrons. The fraction of sp³-hybridized carbons (Fsp3) is 0.467. The second-order valence-electron chi connectivity index (χ2n) is 5.41. The zero-order chi connectivity index (χ0) is 14.2. The Bertz CT molecular complexity index is 603. The highest BCUT2D eigenvalue weighted by atomic mass is 16.5. The molecular formula is C15H19N3O2. The van der Waals surface area contributed by atoms with Crippen LogP contribution in [-0.4, -0.2) is 16.7 Å². The van der Waals surface area contributed by atoms with Crippen molar-refractivity contribution in [2.24, 2.45) is 11.7 Å². The van der Waals surface area contributed by atoms with Gasteiger partial charge in [-0.15, -0.1) is 0 Å². The summed E-state index contributed by atoms with van der Waals surface area (Å²) >= 11 is 0. The molecule has 2 N–H and O–H groups in total. The van der Waals surface area contributed by atoms with Crippen LogP contribution in [0.4, 0.5) is 0 Å². The Morgan fingerprint density at radius 1 is 1.40 bits per heavy atom. The lowest BCUT2D eigenvalue weighted by Gasteiger charge is -2.18. The molecule has 20 heavy (non-hydrogen) atoms. The van der Waals surface area contributed by atoms with E-state index in [1.807, 2.05) is 38.1 Å². The summed E-state index contributed by atoms with van der Waals surface area (Å²) in [5.74, 6) is 2.23. The van der Waals surface area contributed by atoms with Crippen LogP contribution >= 0.6 is 0 Å². The number of para-hydroxylation sites is 1. The van der Waals surface area contributed by atoms with Crippen molar-refractivity contribution in [3.05, 3.63) is 30.2 Å². The molecule has 1 saturated carbocycles. The van der Waals surface area contributed by atoms with Crippen molar-refractivity contribution in [1.82, 2.24) is 10.1 Å². The highest BCUT2D eigenvalue weighted by molar-refractivity contribution is 5.63. The van der Waals surface area contributed by atoms with Crippen LogP contribution in [0.2, 0.25) is 0 Å². The summed E-state index contributed by atoms with van der Waals surface area (Å²) in [6.07, 6.45) is 2.25. The minimum absolute atomic E-state index is 0.443. The van der Waals surface area contributed by atoms with Crippen LogP contribution in [0, 0.1) is 5.92 Å². The van der Waals surface area contributed by atoms with Gasteiger partial charge in [0.25, 0.3) is 0 Å². The lowest BCUT2D eigenvalue weighted by atomic mass is 9.97. The van der Waals surface area contributed by atoms with Crippen LogP contribution in [0.1, 0.15) is 32.6 Å². The quantitative estimate of drug-likeness (QED) is 0.906. The average molecular weight is 273 g/mol. The van der Waals surface area contributed by atoms with Gasteiger partial charge in [0, 0.05) is 0 Å². The molecule has 1 atom stereocenters. The highest BCUT2D eigenvalue weighted by Crippen LogP contribution is 2.43. The van der Waals surface area contributed by atoms with Crippen molar-refractivity contribution in [2.45, 2.75) is 32.2 Å². The van der Waals surface area contributed by atoms with E-state index in [1.165, 1.54) is 0 Å². The Morgan fingerprint density at radius 3 is 2.85 bits per heavy atom. The SMILES string of the molecule is CCOc1ccccc1-c1noc(C(C)(N)C2CC2)n1. The Kier molecular flexibility index (Phi) is 3.22. The molecule has 0 spiro atoms. The Balaban J connectivity index is 1.94. The van der Waals surface area contributed by atoms with E-state index in [2.05, 4.69) is 10.1 Å². The van der Waals surface area contributed by atoms with Gasteiger partial charge in [-0.25, -0.2) is 0 Å². The average Bonchev–Trinajstić information content (AvgIpc) is 3.18. The molecular weight excluding hydrogens is 254 g/mol. The number of ether oxygens (including phenoxy) is 1. The molecule has 1 aliphatic carbocycles. The van der Waals surface area contributed by atoms with E-state index in [4.69, 9.17) is 15.0 Å². The molecule has 1 unspecified atom stereocenters. The Hall–Kier alpha value is -1.88. The van der Waals surface area contributed by atoms with E-state index >= 15 is 0 Å². The summed E-state index contributed by atoms with van der Waals surface area (Å²) in [5.41, 5.74) is 6.60. The molecule has 5 heteroatoms. The lowest BCUT2D eigenvalue weighted by Crippen LogP contribution is -2.35. The van der Waals surface area contributed by atoms with Crippen LogP contribution in [0.3, 0.4) is 0 Å². The zero-order valence-electron chi connectivity index (χ0n) is 11.8. The molecule has 1 fully saturated rings. The van der Waals surface area contributed by atoms with Crippen molar-refractivity contribution in [3.8, 4) is 17.1 Å². The van der Waals surface area contributed by atoms with Crippen molar-refractivity contribution in [2.75, 3.05) is 6.61 Å². The van der Waals surface area contributed by atoms with Crippen molar-refractivity contribution in [3.63, 3.8) is 0 Å². The predicted octanol–water partition coefficient (Wildman–Crippen LogP) is 2.72. The smallest absolute Gasteiger partial charge is 0.247 e. The second-order valence-corrected chi connectivity index (χ2v) is 5.41. The maximum atomic E-state index is 6.30. The summed E-state index contributed by atoms with van der Waals surface area (Å²) in [6, 6.07) is 7.67. The first-order chi connectivity index (χ1) is 9.63. The third kappa shape index (κ3) is 2.29. The Labute approximate surface area is 118 Å². The molecule has 1 aromatic heterocycles. The number of rotatable bonds is 5. The van der Waals surface area contributed by atoms with Gasteiger partial charge in [0.15, 0.2) is 0 Å². The van der Waals surface area contributed by atoms with Crippen molar-refractivity contribution in [1.29, 1.82) is 0 Å². The first-order valence-corrected chi connectivity index (χ1v) is 6.98. The van der Waals surface area contributed by atoms with Gasteiger partial charge in [-0.1, -0.05) is 17.3 Å². The van der Waals surface area contributed by atoms with Gasteiger partial charge in [0.1, 0.15) is 5.75 Å². The summed E-state index contributed by atoms with van der Waals surface area (Å²) in [7, 11) is 0. The van der Waals surface area contributed by atoms with Gasteiger partial charge >= 0.3 is 0 Å². The topological polar surface area (TPSA) is 74.2 Å². The summed E-state index contributed by atoms with van der Waals surface area (Å²) in [6.45, 7) is 4.50. The first kappa shape index (κ1) is 13.1. The summed E-state index contributed by atoms with van der Waals surface area (Å²) in [4.78, 5) is 4.47. The minimum Gasteiger partial charge on any atom is -0.493 e. The van der Waals surface area contributed by atoms with Crippen LogP contribution in [0.5, 0.6) is 5.75 Å². The van der Waals surface area contributed by atoms with E-state index in [9.17, 15) is 0 Å². The summed E-state index contributed by atoms with van der Waals surface area (Å²) in [5, 5.41) is 4.06.